The van der Waals surface area contributed by atoms with Crippen molar-refractivity contribution in [1.29, 1.82) is 0 Å². The molecular formula is C24H30BrClN2O3. The highest BCUT2D eigenvalue weighted by atomic mass is 79.9. The number of ether oxygens (including phenoxy) is 1. The van der Waals surface area contributed by atoms with E-state index in [1.165, 1.54) is 0 Å². The van der Waals surface area contributed by atoms with Gasteiger partial charge in [-0.2, -0.15) is 0 Å². The monoisotopic (exact) mass is 508 g/mol. The number of aryl methyl sites for hydroxylation is 1. The van der Waals surface area contributed by atoms with Crippen molar-refractivity contribution in [3.8, 4) is 5.75 Å². The molecule has 2 aromatic rings. The van der Waals surface area contributed by atoms with Gasteiger partial charge in [-0.05, 0) is 55.2 Å². The van der Waals surface area contributed by atoms with Gasteiger partial charge in [0.1, 0.15) is 11.8 Å². The molecule has 2 rings (SSSR count). The van der Waals surface area contributed by atoms with Gasteiger partial charge >= 0.3 is 0 Å². The first-order chi connectivity index (χ1) is 14.9. The zero-order valence-corrected chi connectivity index (χ0v) is 20.6. The maximum atomic E-state index is 13.2. The second-order valence-electron chi connectivity index (χ2n) is 7.38. The number of nitrogens with zero attached hydrogens (tertiary/aromatic N) is 1. The first kappa shape index (κ1) is 25.2. The number of nitrogens with one attached hydrogen (secondary N) is 1. The minimum absolute atomic E-state index is 0.157. The number of carbonyl (C=O) groups is 2. The lowest BCUT2D eigenvalue weighted by Gasteiger charge is -2.31. The quantitative estimate of drug-likeness (QED) is 0.406. The van der Waals surface area contributed by atoms with Gasteiger partial charge in [0.05, 0.1) is 0 Å². The molecule has 2 amide bonds. The summed E-state index contributed by atoms with van der Waals surface area (Å²) >= 11 is 9.79. The fraction of sp³-hybridized carbons (Fsp3) is 0.417. The molecule has 31 heavy (non-hydrogen) atoms. The third-order valence-corrected chi connectivity index (χ3v) is 6.26. The lowest BCUT2D eigenvalue weighted by atomic mass is 10.1. The molecule has 1 N–H and O–H groups in total. The molecule has 0 radical (unpaired) electrons. The SMILES string of the molecule is CCCCNC(=O)C(CC)N(Cc1ccccc1Cl)C(=O)COc1ccc(Br)c(C)c1. The molecule has 2 aromatic carbocycles. The highest BCUT2D eigenvalue weighted by Crippen LogP contribution is 2.23. The van der Waals surface area contributed by atoms with Gasteiger partial charge < -0.3 is 15.0 Å². The fourth-order valence-corrected chi connectivity index (χ4v) is 3.61. The molecule has 5 nitrogen and oxygen atoms in total. The Bertz CT molecular complexity index is 891. The Balaban J connectivity index is 2.20. The van der Waals surface area contributed by atoms with Crippen molar-refractivity contribution in [2.45, 2.75) is 52.6 Å². The zero-order chi connectivity index (χ0) is 22.8. The van der Waals surface area contributed by atoms with E-state index >= 15 is 0 Å². The van der Waals surface area contributed by atoms with Gasteiger partial charge in [-0.25, -0.2) is 0 Å². The van der Waals surface area contributed by atoms with Gasteiger partial charge in [0, 0.05) is 22.6 Å². The standard InChI is InChI=1S/C24H30BrClN2O3/c1-4-6-13-27-24(30)22(5-2)28(15-18-9-7-8-10-21(18)26)23(29)16-31-19-11-12-20(25)17(3)14-19/h7-12,14,22H,4-6,13,15-16H2,1-3H3,(H,27,30). The van der Waals surface area contributed by atoms with E-state index in [9.17, 15) is 9.59 Å². The third kappa shape index (κ3) is 7.54. The number of halogens is 2. The number of hydrogen-bond acceptors (Lipinski definition) is 3. The van der Waals surface area contributed by atoms with Crippen molar-refractivity contribution in [3.63, 3.8) is 0 Å². The average Bonchev–Trinajstić information content (AvgIpc) is 2.75. The highest BCUT2D eigenvalue weighted by Gasteiger charge is 2.29. The minimum Gasteiger partial charge on any atom is -0.484 e. The molecule has 0 aliphatic heterocycles. The molecular weight excluding hydrogens is 480 g/mol. The first-order valence-electron chi connectivity index (χ1n) is 10.6. The Morgan fingerprint density at radius 1 is 1.19 bits per heavy atom. The predicted octanol–water partition coefficient (Wildman–Crippen LogP) is 5.51. The van der Waals surface area contributed by atoms with Crippen LogP contribution < -0.4 is 10.1 Å². The van der Waals surface area contributed by atoms with Crippen LogP contribution in [-0.4, -0.2) is 35.9 Å². The van der Waals surface area contributed by atoms with E-state index in [0.29, 0.717) is 23.7 Å². The largest absolute Gasteiger partial charge is 0.484 e. The molecule has 7 heteroatoms. The van der Waals surface area contributed by atoms with Crippen LogP contribution in [0, 0.1) is 6.92 Å². The van der Waals surface area contributed by atoms with Crippen LogP contribution in [0.25, 0.3) is 0 Å². The van der Waals surface area contributed by atoms with Gasteiger partial charge in [0.2, 0.25) is 5.91 Å². The number of rotatable bonds is 11. The number of unbranched alkanes of at least 4 members (excludes halogenated alkanes) is 1. The molecule has 0 aromatic heterocycles. The lowest BCUT2D eigenvalue weighted by molar-refractivity contribution is -0.143. The summed E-state index contributed by atoms with van der Waals surface area (Å²) in [5.74, 6) is 0.181. The molecule has 1 atom stereocenters. The molecule has 0 fully saturated rings. The molecule has 0 saturated heterocycles. The normalized spacial score (nSPS) is 11.6. The van der Waals surface area contributed by atoms with Gasteiger partial charge in [-0.15, -0.1) is 0 Å². The van der Waals surface area contributed by atoms with E-state index in [1.54, 1.807) is 17.0 Å². The van der Waals surface area contributed by atoms with Crippen molar-refractivity contribution in [2.24, 2.45) is 0 Å². The molecule has 0 heterocycles. The Morgan fingerprint density at radius 2 is 1.94 bits per heavy atom. The van der Waals surface area contributed by atoms with Crippen molar-refractivity contribution < 1.29 is 14.3 Å². The molecule has 0 aliphatic carbocycles. The lowest BCUT2D eigenvalue weighted by Crippen LogP contribution is -2.50. The summed E-state index contributed by atoms with van der Waals surface area (Å²) in [7, 11) is 0. The van der Waals surface area contributed by atoms with Gasteiger partial charge in [-0.1, -0.05) is 66.0 Å². The van der Waals surface area contributed by atoms with E-state index in [-0.39, 0.29) is 25.0 Å². The summed E-state index contributed by atoms with van der Waals surface area (Å²) in [5.41, 5.74) is 1.80. The second kappa shape index (κ2) is 12.7. The van der Waals surface area contributed by atoms with E-state index < -0.39 is 6.04 Å². The number of amides is 2. The van der Waals surface area contributed by atoms with Crippen LogP contribution in [0.5, 0.6) is 5.75 Å². The van der Waals surface area contributed by atoms with Crippen LogP contribution in [0.3, 0.4) is 0 Å². The molecule has 0 bridgehead atoms. The van der Waals surface area contributed by atoms with Gasteiger partial charge in [0.15, 0.2) is 6.61 Å². The zero-order valence-electron chi connectivity index (χ0n) is 18.3. The second-order valence-corrected chi connectivity index (χ2v) is 8.64. The average molecular weight is 510 g/mol. The topological polar surface area (TPSA) is 58.6 Å². The third-order valence-electron chi connectivity index (χ3n) is 5.01. The maximum absolute atomic E-state index is 13.2. The Morgan fingerprint density at radius 3 is 2.58 bits per heavy atom. The van der Waals surface area contributed by atoms with Crippen LogP contribution in [0.1, 0.15) is 44.2 Å². The molecule has 0 saturated carbocycles. The predicted molar refractivity (Wildman–Crippen MR) is 128 cm³/mol. The summed E-state index contributed by atoms with van der Waals surface area (Å²) in [5, 5.41) is 3.51. The van der Waals surface area contributed by atoms with E-state index in [4.69, 9.17) is 16.3 Å². The summed E-state index contributed by atoms with van der Waals surface area (Å²) in [6, 6.07) is 12.3. The maximum Gasteiger partial charge on any atom is 0.261 e. The Kier molecular flexibility index (Phi) is 10.3. The molecule has 0 aliphatic rings. The van der Waals surface area contributed by atoms with Crippen molar-refractivity contribution in [1.82, 2.24) is 10.2 Å². The highest BCUT2D eigenvalue weighted by molar-refractivity contribution is 9.10. The van der Waals surface area contributed by atoms with Crippen LogP contribution in [0.4, 0.5) is 0 Å². The number of carbonyl (C=O) groups excluding carboxylic acids is 2. The number of benzene rings is 2. The summed E-state index contributed by atoms with van der Waals surface area (Å²) in [4.78, 5) is 27.6. The van der Waals surface area contributed by atoms with Crippen LogP contribution >= 0.6 is 27.5 Å². The summed E-state index contributed by atoms with van der Waals surface area (Å²) < 4.78 is 6.72. The minimum atomic E-state index is -0.601. The summed E-state index contributed by atoms with van der Waals surface area (Å²) in [6.07, 6.45) is 2.37. The van der Waals surface area contributed by atoms with Crippen molar-refractivity contribution >= 4 is 39.3 Å². The van der Waals surface area contributed by atoms with Crippen molar-refractivity contribution in [3.05, 3.63) is 63.1 Å². The molecule has 0 spiro atoms. The van der Waals surface area contributed by atoms with E-state index in [2.05, 4.69) is 28.2 Å². The van der Waals surface area contributed by atoms with Gasteiger partial charge in [-0.3, -0.25) is 9.59 Å². The van der Waals surface area contributed by atoms with Crippen LogP contribution in [0.2, 0.25) is 5.02 Å². The van der Waals surface area contributed by atoms with Crippen LogP contribution in [0.15, 0.2) is 46.9 Å². The van der Waals surface area contributed by atoms with E-state index in [1.807, 2.05) is 44.2 Å². The Labute approximate surface area is 198 Å². The van der Waals surface area contributed by atoms with Crippen LogP contribution in [-0.2, 0) is 16.1 Å². The first-order valence-corrected chi connectivity index (χ1v) is 11.7. The fourth-order valence-electron chi connectivity index (χ4n) is 3.17. The number of hydrogen-bond donors (Lipinski definition) is 1. The van der Waals surface area contributed by atoms with Gasteiger partial charge in [0.25, 0.3) is 5.91 Å². The summed E-state index contributed by atoms with van der Waals surface area (Å²) in [6.45, 7) is 6.59. The van der Waals surface area contributed by atoms with E-state index in [0.717, 1.165) is 28.4 Å². The molecule has 1 unspecified atom stereocenters. The molecule has 168 valence electrons. The Hall–Kier alpha value is -2.05. The van der Waals surface area contributed by atoms with Crippen molar-refractivity contribution in [2.75, 3.05) is 13.2 Å². The smallest absolute Gasteiger partial charge is 0.261 e.